The number of nitrogens with zero attached hydrogens (tertiary/aromatic N) is 1. The molecule has 0 spiro atoms. The minimum atomic E-state index is -2.38. The lowest BCUT2D eigenvalue weighted by Gasteiger charge is -2.30. The van der Waals surface area contributed by atoms with Crippen LogP contribution in [0.25, 0.3) is 0 Å². The van der Waals surface area contributed by atoms with Crippen LogP contribution in [-0.4, -0.2) is 15.4 Å². The number of rotatable bonds is 2. The van der Waals surface area contributed by atoms with Crippen LogP contribution in [0.3, 0.4) is 0 Å². The molecule has 0 heterocycles. The van der Waals surface area contributed by atoms with Gasteiger partial charge in [0.05, 0.1) is 10.0 Å². The third kappa shape index (κ3) is 2.57. The summed E-state index contributed by atoms with van der Waals surface area (Å²) < 4.78 is 0. The Labute approximate surface area is 91.0 Å². The van der Waals surface area contributed by atoms with E-state index in [-0.39, 0.29) is 5.02 Å². The molecule has 1 unspecified atom stereocenters. The molecular weight excluding hydrogens is 229 g/mol. The normalized spacial score (nSPS) is 14.1. The molecule has 0 amide bonds. The summed E-state index contributed by atoms with van der Waals surface area (Å²) in [6, 6.07) is 3.39. The van der Waals surface area contributed by atoms with E-state index < -0.39 is 11.0 Å². The van der Waals surface area contributed by atoms with Crippen molar-refractivity contribution in [3.05, 3.63) is 39.0 Å². The summed E-state index contributed by atoms with van der Waals surface area (Å²) in [4.78, 5) is -2.38. The third-order valence-electron chi connectivity index (χ3n) is 1.93. The molecule has 1 atom stereocenters. The van der Waals surface area contributed by atoms with Crippen molar-refractivity contribution in [2.24, 2.45) is 0 Å². The van der Waals surface area contributed by atoms with Gasteiger partial charge in [-0.05, 0) is 19.1 Å². The van der Waals surface area contributed by atoms with E-state index in [0.717, 1.165) is 0 Å². The number of benzene rings is 1. The van der Waals surface area contributed by atoms with Gasteiger partial charge >= 0.3 is 0 Å². The van der Waals surface area contributed by atoms with Gasteiger partial charge in [-0.25, -0.2) is 0 Å². The first kappa shape index (κ1) is 11.7. The van der Waals surface area contributed by atoms with E-state index in [9.17, 15) is 5.21 Å². The Morgan fingerprint density at radius 1 is 1.29 bits per heavy atom. The highest BCUT2D eigenvalue weighted by atomic mass is 35.5. The molecule has 0 aliphatic heterocycles. The molecule has 0 saturated carbocycles. The lowest BCUT2D eigenvalue weighted by molar-refractivity contribution is -1.23. The van der Waals surface area contributed by atoms with Crippen molar-refractivity contribution in [3.8, 4) is 0 Å². The second-order valence-corrected chi connectivity index (χ2v) is 3.75. The van der Waals surface area contributed by atoms with E-state index in [4.69, 9.17) is 33.6 Å². The molecule has 0 aliphatic carbocycles. The maximum atomic E-state index is 10.8. The fourth-order valence-corrected chi connectivity index (χ4v) is 1.27. The maximum absolute atomic E-state index is 10.8. The molecular formula is C8H9Cl2NO3. The molecule has 0 saturated heterocycles. The van der Waals surface area contributed by atoms with E-state index in [0.29, 0.717) is 10.6 Å². The van der Waals surface area contributed by atoms with Gasteiger partial charge in [0.2, 0.25) is 0 Å². The smallest absolute Gasteiger partial charge is 0.174 e. The monoisotopic (exact) mass is 237 g/mol. The first-order valence-corrected chi connectivity index (χ1v) is 4.58. The summed E-state index contributed by atoms with van der Waals surface area (Å²) >= 11 is 11.4. The molecule has 78 valence electrons. The van der Waals surface area contributed by atoms with Crippen molar-refractivity contribution in [3.63, 3.8) is 0 Å². The summed E-state index contributed by atoms with van der Waals surface area (Å²) in [6.45, 7) is 1.37. The molecule has 14 heavy (non-hydrogen) atoms. The van der Waals surface area contributed by atoms with Crippen molar-refractivity contribution in [1.29, 1.82) is 0 Å². The average molecular weight is 238 g/mol. The summed E-state index contributed by atoms with van der Waals surface area (Å²) in [6.07, 6.45) is 0. The van der Waals surface area contributed by atoms with Crippen LogP contribution in [0, 0.1) is 5.21 Å². The van der Waals surface area contributed by atoms with E-state index >= 15 is 0 Å². The molecule has 4 nitrogen and oxygen atoms in total. The fraction of sp³-hybridized carbons (Fsp3) is 0.250. The van der Waals surface area contributed by atoms with Crippen LogP contribution in [0.4, 0.5) is 0 Å². The molecule has 1 rings (SSSR count). The first-order valence-electron chi connectivity index (χ1n) is 3.82. The Balaban J connectivity index is 3.03. The predicted octanol–water partition coefficient (Wildman–Crippen LogP) is 3.15. The Morgan fingerprint density at radius 2 is 1.86 bits per heavy atom. The minimum absolute atomic E-state index is 0.268. The summed E-state index contributed by atoms with van der Waals surface area (Å²) in [5.41, 5.74) is 0.402. The van der Waals surface area contributed by atoms with Crippen LogP contribution >= 0.6 is 23.2 Å². The molecule has 0 fully saturated rings. The number of quaternary nitrogens is 1. The van der Waals surface area contributed by atoms with Crippen LogP contribution in [-0.2, 0) is 0 Å². The predicted molar refractivity (Wildman–Crippen MR) is 52.1 cm³/mol. The van der Waals surface area contributed by atoms with Crippen LogP contribution in [0.2, 0.25) is 10.0 Å². The maximum Gasteiger partial charge on any atom is 0.174 e. The average Bonchev–Trinajstić information content (AvgIpc) is 2.07. The molecule has 0 aliphatic rings. The Morgan fingerprint density at radius 3 is 2.29 bits per heavy atom. The third-order valence-corrected chi connectivity index (χ3v) is 2.67. The van der Waals surface area contributed by atoms with Gasteiger partial charge in [0.15, 0.2) is 6.04 Å². The van der Waals surface area contributed by atoms with Crippen LogP contribution in [0.5, 0.6) is 0 Å². The zero-order valence-corrected chi connectivity index (χ0v) is 8.83. The zero-order valence-electron chi connectivity index (χ0n) is 7.32. The molecule has 6 heteroatoms. The first-order chi connectivity index (χ1) is 6.32. The molecule has 1 aromatic rings. The standard InChI is InChI=1S/C8H9Cl2NO3/c1-5(11(12,13)14)6-2-3-7(9)8(10)4-6/h2-5,12-13H,1H3. The number of hydrogen-bond donors (Lipinski definition) is 2. The van der Waals surface area contributed by atoms with Crippen molar-refractivity contribution in [1.82, 2.24) is 0 Å². The van der Waals surface area contributed by atoms with E-state index in [1.807, 2.05) is 0 Å². The van der Waals surface area contributed by atoms with E-state index in [1.54, 1.807) is 0 Å². The summed E-state index contributed by atoms with van der Waals surface area (Å²) in [5.74, 6) is 0. The zero-order chi connectivity index (χ0) is 10.9. The highest BCUT2D eigenvalue weighted by Crippen LogP contribution is 2.29. The summed E-state index contributed by atoms with van der Waals surface area (Å²) in [7, 11) is 0. The largest absolute Gasteiger partial charge is 0.564 e. The van der Waals surface area contributed by atoms with Gasteiger partial charge in [0, 0.05) is 5.56 Å². The van der Waals surface area contributed by atoms with Gasteiger partial charge in [-0.15, -0.1) is 0 Å². The number of halogens is 2. The minimum Gasteiger partial charge on any atom is -0.564 e. The van der Waals surface area contributed by atoms with Gasteiger partial charge in [0.1, 0.15) is 0 Å². The van der Waals surface area contributed by atoms with Gasteiger partial charge < -0.3 is 5.21 Å². The van der Waals surface area contributed by atoms with Crippen molar-refractivity contribution < 1.29 is 15.4 Å². The Hall–Kier alpha value is -0.360. The van der Waals surface area contributed by atoms with Crippen LogP contribution in [0.15, 0.2) is 18.2 Å². The lowest BCUT2D eigenvalue weighted by Crippen LogP contribution is -2.36. The van der Waals surface area contributed by atoms with Crippen molar-refractivity contribution in [2.45, 2.75) is 13.0 Å². The number of hydrogen-bond acceptors (Lipinski definition) is 3. The van der Waals surface area contributed by atoms with Gasteiger partial charge in [-0.1, -0.05) is 34.2 Å². The molecule has 0 bridgehead atoms. The van der Waals surface area contributed by atoms with Gasteiger partial charge in [-0.3, -0.25) is 0 Å². The molecule has 2 N–H and O–H groups in total. The topological polar surface area (TPSA) is 63.5 Å². The lowest BCUT2D eigenvalue weighted by atomic mass is 10.1. The van der Waals surface area contributed by atoms with Crippen LogP contribution in [0.1, 0.15) is 18.5 Å². The highest BCUT2D eigenvalue weighted by molar-refractivity contribution is 6.42. The number of hydroxylamine groups is 3. The highest BCUT2D eigenvalue weighted by Gasteiger charge is 2.23. The summed E-state index contributed by atoms with van der Waals surface area (Å²) in [5, 5.41) is 28.9. The second-order valence-electron chi connectivity index (χ2n) is 2.94. The van der Waals surface area contributed by atoms with Gasteiger partial charge in [0.25, 0.3) is 0 Å². The Kier molecular flexibility index (Phi) is 3.36. The fourth-order valence-electron chi connectivity index (χ4n) is 0.966. The van der Waals surface area contributed by atoms with E-state index in [2.05, 4.69) is 0 Å². The SMILES string of the molecule is CC(c1ccc(Cl)c(Cl)c1)[N+]([O-])(O)O. The molecule has 0 radical (unpaired) electrons. The quantitative estimate of drug-likeness (QED) is 0.614. The van der Waals surface area contributed by atoms with Crippen molar-refractivity contribution >= 4 is 23.2 Å². The van der Waals surface area contributed by atoms with Gasteiger partial charge in [-0.2, -0.15) is 10.4 Å². The Bertz CT molecular complexity index is 338. The molecule has 0 aromatic heterocycles. The van der Waals surface area contributed by atoms with Crippen molar-refractivity contribution in [2.75, 3.05) is 0 Å². The van der Waals surface area contributed by atoms with Crippen LogP contribution < -0.4 is 0 Å². The molecule has 1 aromatic carbocycles. The van der Waals surface area contributed by atoms with E-state index in [1.165, 1.54) is 25.1 Å². The second kappa shape index (κ2) is 4.02.